The van der Waals surface area contributed by atoms with Crippen LogP contribution in [-0.4, -0.2) is 18.7 Å². The van der Waals surface area contributed by atoms with Crippen molar-refractivity contribution in [3.63, 3.8) is 0 Å². The Morgan fingerprint density at radius 1 is 0.839 bits per heavy atom. The summed E-state index contributed by atoms with van der Waals surface area (Å²) in [5.74, 6) is 0.470. The molecule has 0 radical (unpaired) electrons. The molecule has 0 aliphatic heterocycles. The molecule has 0 aliphatic carbocycles. The van der Waals surface area contributed by atoms with Gasteiger partial charge in [-0.15, -0.1) is 4.36 Å². The lowest BCUT2D eigenvalue weighted by Crippen LogP contribution is -2.31. The van der Waals surface area contributed by atoms with Crippen molar-refractivity contribution in [1.29, 1.82) is 0 Å². The van der Waals surface area contributed by atoms with Gasteiger partial charge in [0.2, 0.25) is 5.52 Å². The lowest BCUT2D eigenvalue weighted by atomic mass is 10.2. The average molecular weight is 492 g/mol. The van der Waals surface area contributed by atoms with Gasteiger partial charge in [0.15, 0.2) is 10.0 Å². The van der Waals surface area contributed by atoms with Crippen molar-refractivity contribution in [2.45, 2.75) is 4.90 Å². The fourth-order valence-corrected chi connectivity index (χ4v) is 4.48. The minimum absolute atomic E-state index is 0.0920. The fourth-order valence-electron chi connectivity index (χ4n) is 3.26. The molecule has 31 heavy (non-hydrogen) atoms. The van der Waals surface area contributed by atoms with Crippen molar-refractivity contribution in [1.82, 2.24) is 9.97 Å². The highest BCUT2D eigenvalue weighted by atomic mass is 79.9. The minimum atomic E-state index is -3.73. The fraction of sp³-hybridized carbons (Fsp3) is 0. The first-order chi connectivity index (χ1) is 15.0. The van der Waals surface area contributed by atoms with E-state index in [1.54, 1.807) is 34.9 Å². The molecule has 2 heterocycles. The predicted molar refractivity (Wildman–Crippen MR) is 124 cm³/mol. The zero-order chi connectivity index (χ0) is 21.4. The molecule has 1 atom stereocenters. The minimum Gasteiger partial charge on any atom is -0.296 e. The van der Waals surface area contributed by atoms with Crippen molar-refractivity contribution in [2.24, 2.45) is 4.36 Å². The first kappa shape index (κ1) is 19.7. The van der Waals surface area contributed by atoms with Gasteiger partial charge in [-0.25, -0.2) is 9.19 Å². The van der Waals surface area contributed by atoms with Crippen LogP contribution in [0.3, 0.4) is 0 Å². The Balaban J connectivity index is 1.76. The third-order valence-electron chi connectivity index (χ3n) is 4.80. The Labute approximate surface area is 187 Å². The van der Waals surface area contributed by atoms with Gasteiger partial charge in [0.25, 0.3) is 5.82 Å². The molecule has 5 aromatic rings. The summed E-state index contributed by atoms with van der Waals surface area (Å²) in [5, 5.41) is 2.08. The van der Waals surface area contributed by atoms with Crippen LogP contribution >= 0.6 is 15.9 Å². The third kappa shape index (κ3) is 3.93. The molecule has 0 aliphatic rings. The highest BCUT2D eigenvalue weighted by Crippen LogP contribution is 2.25. The summed E-state index contributed by atoms with van der Waals surface area (Å²) < 4.78 is 30.6. The molecule has 1 unspecified atom stereocenters. The van der Waals surface area contributed by atoms with Crippen molar-refractivity contribution in [3.8, 4) is 5.82 Å². The second kappa shape index (κ2) is 7.81. The van der Waals surface area contributed by atoms with E-state index < -0.39 is 10.0 Å². The van der Waals surface area contributed by atoms with Gasteiger partial charge in [0.05, 0.1) is 11.1 Å². The van der Waals surface area contributed by atoms with Gasteiger partial charge in [-0.05, 0) is 52.8 Å². The summed E-state index contributed by atoms with van der Waals surface area (Å²) in [6.07, 6.45) is 3.75. The van der Waals surface area contributed by atoms with Crippen molar-refractivity contribution in [2.75, 3.05) is 0 Å². The standard InChI is InChI=1S/C23H15BrN4O2S/c24-18-9-11-19(12-10-18)31(29,30)27-22-23(26-21-8-4-3-7-20(21)25-22)28-14-13-16-5-1-2-6-17(16)15-28/h1-15H/p+1. The van der Waals surface area contributed by atoms with Gasteiger partial charge in [0, 0.05) is 9.86 Å². The number of rotatable bonds is 3. The Kier molecular flexibility index (Phi) is 4.97. The SMILES string of the molecule is O=S(O)(=Nc1nc2ccccc2nc1-[n+]1ccc2ccccc2c1)c1ccc(Br)cc1. The second-order valence-electron chi connectivity index (χ2n) is 6.88. The van der Waals surface area contributed by atoms with Crippen LogP contribution in [0, 0.1) is 0 Å². The van der Waals surface area contributed by atoms with Crippen molar-refractivity contribution >= 4 is 53.6 Å². The number of pyridine rings is 1. The van der Waals surface area contributed by atoms with E-state index in [1.807, 2.05) is 60.9 Å². The zero-order valence-electron chi connectivity index (χ0n) is 16.1. The number of aromatic nitrogens is 3. The molecule has 3 aromatic carbocycles. The van der Waals surface area contributed by atoms with Gasteiger partial charge >= 0.3 is 5.82 Å². The van der Waals surface area contributed by atoms with Crippen molar-refractivity contribution in [3.05, 3.63) is 95.7 Å². The summed E-state index contributed by atoms with van der Waals surface area (Å²) in [6, 6.07) is 23.8. The lowest BCUT2D eigenvalue weighted by Gasteiger charge is -2.05. The number of nitrogens with zero attached hydrogens (tertiary/aromatic N) is 4. The molecular formula is C23H16BrN4O2S+. The third-order valence-corrected chi connectivity index (χ3v) is 6.63. The number of para-hydroxylation sites is 2. The van der Waals surface area contributed by atoms with E-state index in [4.69, 9.17) is 4.98 Å². The molecule has 0 spiro atoms. The van der Waals surface area contributed by atoms with Crippen LogP contribution in [0.2, 0.25) is 0 Å². The normalized spacial score (nSPS) is 13.2. The highest BCUT2D eigenvalue weighted by Gasteiger charge is 2.22. The van der Waals surface area contributed by atoms with Crippen molar-refractivity contribution < 1.29 is 13.3 Å². The Hall–Kier alpha value is -3.20. The number of benzene rings is 3. The molecule has 0 fully saturated rings. The lowest BCUT2D eigenvalue weighted by molar-refractivity contribution is -0.597. The predicted octanol–water partition coefficient (Wildman–Crippen LogP) is 5.45. The van der Waals surface area contributed by atoms with Crippen LogP contribution in [0.25, 0.3) is 27.6 Å². The first-order valence-corrected chi connectivity index (χ1v) is 11.7. The summed E-state index contributed by atoms with van der Waals surface area (Å²) in [7, 11) is -3.73. The number of hydrogen-bond donors (Lipinski definition) is 1. The van der Waals surface area contributed by atoms with Gasteiger partial charge in [-0.3, -0.25) is 4.55 Å². The molecule has 0 amide bonds. The number of halogens is 1. The maximum atomic E-state index is 13.1. The van der Waals surface area contributed by atoms with E-state index >= 15 is 0 Å². The number of fused-ring (bicyclic) bond motifs is 2. The van der Waals surface area contributed by atoms with Gasteiger partial charge < -0.3 is 0 Å². The maximum absolute atomic E-state index is 13.1. The molecule has 8 heteroatoms. The van der Waals surface area contributed by atoms with E-state index in [9.17, 15) is 8.76 Å². The summed E-state index contributed by atoms with van der Waals surface area (Å²) in [6.45, 7) is 0. The molecular weight excluding hydrogens is 476 g/mol. The second-order valence-corrected chi connectivity index (χ2v) is 9.45. The summed E-state index contributed by atoms with van der Waals surface area (Å²) in [5.41, 5.74) is 1.27. The topological polar surface area (TPSA) is 79.3 Å². The van der Waals surface area contributed by atoms with Gasteiger partial charge in [-0.1, -0.05) is 52.3 Å². The monoisotopic (exact) mass is 491 g/mol. The Morgan fingerprint density at radius 2 is 1.48 bits per heavy atom. The molecule has 152 valence electrons. The highest BCUT2D eigenvalue weighted by molar-refractivity contribution is 9.10. The Morgan fingerprint density at radius 3 is 2.23 bits per heavy atom. The van der Waals surface area contributed by atoms with Crippen LogP contribution in [0.5, 0.6) is 0 Å². The van der Waals surface area contributed by atoms with Crippen LogP contribution in [0.1, 0.15) is 0 Å². The van der Waals surface area contributed by atoms with Crippen LogP contribution < -0.4 is 4.57 Å². The molecule has 0 saturated carbocycles. The number of hydrogen-bond acceptors (Lipinski definition) is 4. The summed E-state index contributed by atoms with van der Waals surface area (Å²) >= 11 is 3.34. The van der Waals surface area contributed by atoms with E-state index in [0.29, 0.717) is 16.9 Å². The molecule has 5 rings (SSSR count). The average Bonchev–Trinajstić information content (AvgIpc) is 2.78. The summed E-state index contributed by atoms with van der Waals surface area (Å²) in [4.78, 5) is 9.46. The molecule has 0 bridgehead atoms. The van der Waals surface area contributed by atoms with Crippen LogP contribution in [-0.2, 0) is 10.0 Å². The molecule has 1 N–H and O–H groups in total. The van der Waals surface area contributed by atoms with E-state index in [-0.39, 0.29) is 10.7 Å². The van der Waals surface area contributed by atoms with Crippen LogP contribution in [0.4, 0.5) is 5.82 Å². The van der Waals surface area contributed by atoms with Crippen LogP contribution in [0.15, 0.2) is 105 Å². The quantitative estimate of drug-likeness (QED) is 0.340. The first-order valence-electron chi connectivity index (χ1n) is 9.42. The maximum Gasteiger partial charge on any atom is 0.374 e. The van der Waals surface area contributed by atoms with Gasteiger partial charge in [-0.2, -0.15) is 4.57 Å². The molecule has 6 nitrogen and oxygen atoms in total. The van der Waals surface area contributed by atoms with E-state index in [1.165, 1.54) is 0 Å². The van der Waals surface area contributed by atoms with Gasteiger partial charge in [0.1, 0.15) is 11.7 Å². The van der Waals surface area contributed by atoms with E-state index in [0.717, 1.165) is 15.2 Å². The smallest absolute Gasteiger partial charge is 0.296 e. The zero-order valence-corrected chi connectivity index (χ0v) is 18.5. The largest absolute Gasteiger partial charge is 0.374 e. The van der Waals surface area contributed by atoms with E-state index in [2.05, 4.69) is 25.3 Å². The molecule has 0 saturated heterocycles. The molecule has 2 aromatic heterocycles. The Bertz CT molecular complexity index is 1560.